The van der Waals surface area contributed by atoms with Crippen LogP contribution in [0.15, 0.2) is 24.8 Å². The summed E-state index contributed by atoms with van der Waals surface area (Å²) in [7, 11) is 3.07. The zero-order valence-corrected chi connectivity index (χ0v) is 12.1. The predicted molar refractivity (Wildman–Crippen MR) is 78.6 cm³/mol. The molecule has 0 radical (unpaired) electrons. The first-order chi connectivity index (χ1) is 9.71. The number of hydrogen-bond donors (Lipinski definition) is 2. The van der Waals surface area contributed by atoms with Gasteiger partial charge in [0, 0.05) is 26.2 Å². The van der Waals surface area contributed by atoms with Crippen LogP contribution in [-0.2, 0) is 0 Å². The average molecular weight is 278 g/mol. The standard InChI is InChI=1S/C15H22N2O3/c1-4-12(17-7-5-16-6-8-17)11-9-13(19-2)15(18)14(10-11)20-3/h4,9-10,12,16,18H,1,5-8H2,2-3H3/t12-/m0/s1. The van der Waals surface area contributed by atoms with Crippen LogP contribution in [0.25, 0.3) is 0 Å². The number of phenols is 1. The molecule has 1 fully saturated rings. The van der Waals surface area contributed by atoms with Crippen molar-refractivity contribution >= 4 is 0 Å². The van der Waals surface area contributed by atoms with Crippen molar-refractivity contribution in [2.45, 2.75) is 6.04 Å². The van der Waals surface area contributed by atoms with E-state index in [0.29, 0.717) is 11.5 Å². The van der Waals surface area contributed by atoms with Gasteiger partial charge in [0.15, 0.2) is 11.5 Å². The zero-order valence-electron chi connectivity index (χ0n) is 12.1. The highest BCUT2D eigenvalue weighted by Crippen LogP contribution is 2.39. The molecule has 2 N–H and O–H groups in total. The fourth-order valence-electron chi connectivity index (χ4n) is 2.54. The van der Waals surface area contributed by atoms with E-state index < -0.39 is 0 Å². The van der Waals surface area contributed by atoms with Gasteiger partial charge < -0.3 is 19.9 Å². The SMILES string of the molecule is C=C[C@@H](c1cc(OC)c(O)c(OC)c1)N1CCNCC1. The molecule has 1 aromatic rings. The van der Waals surface area contributed by atoms with Gasteiger partial charge in [-0.3, -0.25) is 4.90 Å². The van der Waals surface area contributed by atoms with Crippen LogP contribution in [0.3, 0.4) is 0 Å². The summed E-state index contributed by atoms with van der Waals surface area (Å²) in [6.07, 6.45) is 1.91. The smallest absolute Gasteiger partial charge is 0.200 e. The number of rotatable bonds is 5. The Morgan fingerprint density at radius 1 is 1.25 bits per heavy atom. The van der Waals surface area contributed by atoms with Gasteiger partial charge in [0.25, 0.3) is 0 Å². The number of nitrogens with zero attached hydrogens (tertiary/aromatic N) is 1. The first kappa shape index (κ1) is 14.7. The largest absolute Gasteiger partial charge is 0.502 e. The van der Waals surface area contributed by atoms with Crippen LogP contribution in [0, 0.1) is 0 Å². The molecule has 1 aliphatic heterocycles. The Hall–Kier alpha value is -1.72. The van der Waals surface area contributed by atoms with Gasteiger partial charge in [-0.25, -0.2) is 0 Å². The van der Waals surface area contributed by atoms with Gasteiger partial charge in [0.1, 0.15) is 0 Å². The summed E-state index contributed by atoms with van der Waals surface area (Å²) in [5, 5.41) is 13.3. The van der Waals surface area contributed by atoms with Crippen LogP contribution >= 0.6 is 0 Å². The van der Waals surface area contributed by atoms with Crippen LogP contribution in [0.4, 0.5) is 0 Å². The molecule has 20 heavy (non-hydrogen) atoms. The lowest BCUT2D eigenvalue weighted by Crippen LogP contribution is -2.44. The van der Waals surface area contributed by atoms with Crippen molar-refractivity contribution < 1.29 is 14.6 Å². The maximum atomic E-state index is 9.98. The minimum Gasteiger partial charge on any atom is -0.502 e. The molecule has 0 saturated carbocycles. The molecule has 1 aliphatic rings. The second-order valence-corrected chi connectivity index (χ2v) is 4.74. The van der Waals surface area contributed by atoms with E-state index in [4.69, 9.17) is 9.47 Å². The lowest BCUT2D eigenvalue weighted by molar-refractivity contribution is 0.202. The monoisotopic (exact) mass is 278 g/mol. The summed E-state index contributed by atoms with van der Waals surface area (Å²) in [5.41, 5.74) is 1.01. The number of ether oxygens (including phenoxy) is 2. The molecule has 0 aliphatic carbocycles. The van der Waals surface area contributed by atoms with Crippen molar-refractivity contribution in [2.24, 2.45) is 0 Å². The van der Waals surface area contributed by atoms with Crippen LogP contribution in [0.5, 0.6) is 17.2 Å². The van der Waals surface area contributed by atoms with E-state index in [0.717, 1.165) is 31.7 Å². The van der Waals surface area contributed by atoms with Gasteiger partial charge in [-0.05, 0) is 17.7 Å². The Balaban J connectivity index is 2.35. The first-order valence-electron chi connectivity index (χ1n) is 6.73. The number of nitrogens with one attached hydrogen (secondary N) is 1. The molecule has 1 aromatic carbocycles. The average Bonchev–Trinajstić information content (AvgIpc) is 2.50. The van der Waals surface area contributed by atoms with Crippen LogP contribution in [0.1, 0.15) is 11.6 Å². The maximum Gasteiger partial charge on any atom is 0.200 e. The van der Waals surface area contributed by atoms with E-state index >= 15 is 0 Å². The lowest BCUT2D eigenvalue weighted by Gasteiger charge is -2.33. The summed E-state index contributed by atoms with van der Waals surface area (Å²) in [5.74, 6) is 0.865. The molecule has 0 unspecified atom stereocenters. The van der Waals surface area contributed by atoms with Crippen LogP contribution < -0.4 is 14.8 Å². The molecule has 1 atom stereocenters. The fraction of sp³-hybridized carbons (Fsp3) is 0.467. The number of phenolic OH excluding ortho intramolecular Hbond substituents is 1. The molecule has 1 heterocycles. The van der Waals surface area contributed by atoms with Crippen molar-refractivity contribution in [3.8, 4) is 17.2 Å². The number of benzene rings is 1. The normalized spacial score (nSPS) is 17.5. The Morgan fingerprint density at radius 2 is 1.80 bits per heavy atom. The van der Waals surface area contributed by atoms with E-state index in [1.165, 1.54) is 14.2 Å². The third-order valence-electron chi connectivity index (χ3n) is 3.61. The third kappa shape index (κ3) is 2.89. The summed E-state index contributed by atoms with van der Waals surface area (Å²) in [4.78, 5) is 2.34. The molecule has 0 amide bonds. The molecular formula is C15H22N2O3. The van der Waals surface area contributed by atoms with E-state index in [9.17, 15) is 5.11 Å². The highest BCUT2D eigenvalue weighted by atomic mass is 16.5. The van der Waals surface area contributed by atoms with E-state index in [1.54, 1.807) is 0 Å². The van der Waals surface area contributed by atoms with Gasteiger partial charge in [-0.2, -0.15) is 0 Å². The van der Waals surface area contributed by atoms with Crippen molar-refractivity contribution in [1.29, 1.82) is 0 Å². The molecular weight excluding hydrogens is 256 g/mol. The summed E-state index contributed by atoms with van der Waals surface area (Å²) < 4.78 is 10.4. The van der Waals surface area contributed by atoms with E-state index in [2.05, 4.69) is 16.8 Å². The topological polar surface area (TPSA) is 54.0 Å². The van der Waals surface area contributed by atoms with Crippen LogP contribution in [-0.4, -0.2) is 50.4 Å². The second kappa shape index (κ2) is 6.63. The number of methoxy groups -OCH3 is 2. The third-order valence-corrected chi connectivity index (χ3v) is 3.61. The summed E-state index contributed by atoms with van der Waals surface area (Å²) in [6.45, 7) is 7.80. The quantitative estimate of drug-likeness (QED) is 0.800. The molecule has 1 saturated heterocycles. The highest BCUT2D eigenvalue weighted by Gasteiger charge is 2.22. The molecule has 110 valence electrons. The fourth-order valence-corrected chi connectivity index (χ4v) is 2.54. The Labute approximate surface area is 119 Å². The Kier molecular flexibility index (Phi) is 4.87. The van der Waals surface area contributed by atoms with Crippen molar-refractivity contribution in [2.75, 3.05) is 40.4 Å². The maximum absolute atomic E-state index is 9.98. The first-order valence-corrected chi connectivity index (χ1v) is 6.73. The van der Waals surface area contributed by atoms with Gasteiger partial charge in [-0.15, -0.1) is 6.58 Å². The van der Waals surface area contributed by atoms with Crippen molar-refractivity contribution in [3.63, 3.8) is 0 Å². The van der Waals surface area contributed by atoms with Crippen molar-refractivity contribution in [1.82, 2.24) is 10.2 Å². The van der Waals surface area contributed by atoms with Gasteiger partial charge >= 0.3 is 0 Å². The number of aromatic hydroxyl groups is 1. The Bertz CT molecular complexity index is 445. The molecule has 0 bridgehead atoms. The van der Waals surface area contributed by atoms with E-state index in [-0.39, 0.29) is 11.8 Å². The van der Waals surface area contributed by atoms with E-state index in [1.807, 2.05) is 18.2 Å². The van der Waals surface area contributed by atoms with Crippen LogP contribution in [0.2, 0.25) is 0 Å². The molecule has 5 heteroatoms. The highest BCUT2D eigenvalue weighted by molar-refractivity contribution is 5.53. The summed E-state index contributed by atoms with van der Waals surface area (Å²) >= 11 is 0. The molecule has 2 rings (SSSR count). The minimum absolute atomic E-state index is 0.0295. The molecule has 0 aromatic heterocycles. The molecule has 5 nitrogen and oxygen atoms in total. The van der Waals surface area contributed by atoms with Gasteiger partial charge in [0.2, 0.25) is 5.75 Å². The van der Waals surface area contributed by atoms with Gasteiger partial charge in [-0.1, -0.05) is 6.08 Å². The molecule has 0 spiro atoms. The summed E-state index contributed by atoms with van der Waals surface area (Å²) in [6, 6.07) is 3.76. The minimum atomic E-state index is 0.0295. The number of piperazine rings is 1. The van der Waals surface area contributed by atoms with Crippen molar-refractivity contribution in [3.05, 3.63) is 30.4 Å². The lowest BCUT2D eigenvalue weighted by atomic mass is 10.0. The number of hydrogen-bond acceptors (Lipinski definition) is 5. The Morgan fingerprint density at radius 3 is 2.25 bits per heavy atom. The zero-order chi connectivity index (χ0) is 14.5. The van der Waals surface area contributed by atoms with Gasteiger partial charge in [0.05, 0.1) is 20.3 Å². The second-order valence-electron chi connectivity index (χ2n) is 4.74. The predicted octanol–water partition coefficient (Wildman–Crippen LogP) is 1.54.